The van der Waals surface area contributed by atoms with Gasteiger partial charge in [0.25, 0.3) is 0 Å². The Bertz CT molecular complexity index is 1550. The maximum absolute atomic E-state index is 13.0. The molecule has 1 saturated heterocycles. The molecule has 8 nitrogen and oxygen atoms in total. The van der Waals surface area contributed by atoms with Crippen molar-refractivity contribution in [2.75, 3.05) is 48.6 Å². The Morgan fingerprint density at radius 1 is 0.974 bits per heavy atom. The Labute approximate surface area is 229 Å². The summed E-state index contributed by atoms with van der Waals surface area (Å²) in [5.41, 5.74) is 12.7. The lowest BCUT2D eigenvalue weighted by molar-refractivity contribution is 0.412. The molecular weight excluding hydrogens is 510 g/mol. The lowest BCUT2D eigenvalue weighted by Gasteiger charge is -2.29. The van der Waals surface area contributed by atoms with Crippen LogP contribution in [0.5, 0.6) is 5.75 Å². The number of benzene rings is 3. The highest BCUT2D eigenvalue weighted by atomic mass is 32.2. The number of rotatable bonds is 8. The summed E-state index contributed by atoms with van der Waals surface area (Å²) in [5.74, 6) is 0.762. The van der Waals surface area contributed by atoms with Crippen LogP contribution in [0.2, 0.25) is 0 Å². The molecule has 3 aromatic carbocycles. The van der Waals surface area contributed by atoms with Gasteiger partial charge in [-0.25, -0.2) is 13.4 Å². The maximum Gasteiger partial charge on any atom is 0.236 e. The van der Waals surface area contributed by atoms with Gasteiger partial charge < -0.3 is 20.7 Å². The molecule has 39 heavy (non-hydrogen) atoms. The van der Waals surface area contributed by atoms with Crippen LogP contribution in [0.4, 0.5) is 17.2 Å². The summed E-state index contributed by atoms with van der Waals surface area (Å²) in [5, 5.41) is 3.38. The number of aromatic nitrogens is 1. The summed E-state index contributed by atoms with van der Waals surface area (Å²) in [6.45, 7) is 5.76. The summed E-state index contributed by atoms with van der Waals surface area (Å²) in [7, 11) is -2.11. The van der Waals surface area contributed by atoms with Crippen LogP contribution in [0.1, 0.15) is 11.1 Å². The van der Waals surface area contributed by atoms with Crippen LogP contribution >= 0.6 is 0 Å². The minimum absolute atomic E-state index is 0.136. The van der Waals surface area contributed by atoms with E-state index in [1.807, 2.05) is 37.3 Å². The van der Waals surface area contributed by atoms with Crippen molar-refractivity contribution in [2.24, 2.45) is 0 Å². The number of nitrogen functional groups attached to an aromatic ring is 1. The third-order valence-electron chi connectivity index (χ3n) is 6.96. The second-order valence-corrected chi connectivity index (χ2v) is 11.4. The number of methoxy groups -OCH3 is 1. The van der Waals surface area contributed by atoms with E-state index in [2.05, 4.69) is 44.2 Å². The van der Waals surface area contributed by atoms with Gasteiger partial charge in [-0.05, 0) is 53.9 Å². The van der Waals surface area contributed by atoms with E-state index in [1.54, 1.807) is 31.5 Å². The van der Waals surface area contributed by atoms with E-state index in [4.69, 9.17) is 10.5 Å². The number of nitrogens with zero attached hydrogens (tertiary/aromatic N) is 2. The number of pyridine rings is 1. The van der Waals surface area contributed by atoms with Gasteiger partial charge in [-0.15, -0.1) is 0 Å². The Kier molecular flexibility index (Phi) is 7.72. The van der Waals surface area contributed by atoms with E-state index in [-0.39, 0.29) is 5.75 Å². The molecular formula is C30H33N5O3S. The first kappa shape index (κ1) is 26.5. The van der Waals surface area contributed by atoms with Crippen LogP contribution in [-0.2, 0) is 15.8 Å². The first-order valence-electron chi connectivity index (χ1n) is 12.9. The van der Waals surface area contributed by atoms with Gasteiger partial charge >= 0.3 is 0 Å². The van der Waals surface area contributed by atoms with Crippen molar-refractivity contribution < 1.29 is 13.2 Å². The molecule has 2 heterocycles. The number of hydrogen-bond acceptors (Lipinski definition) is 7. The van der Waals surface area contributed by atoms with Crippen molar-refractivity contribution in [1.82, 2.24) is 10.3 Å². The molecule has 202 valence electrons. The standard InChI is InChI=1S/C30H33N5O3S/c1-21-28(34-39(36,37)20-22-6-4-3-5-7-22)17-24(18-29(21)38-2)27-16-25(19-33-30(27)31)23-8-10-26(11-9-23)35-14-12-32-13-15-35/h3-11,16-19,32,34H,12-15,20H2,1-2H3,(H2,31,33). The highest BCUT2D eigenvalue weighted by Gasteiger charge is 2.18. The molecule has 4 N–H and O–H groups in total. The van der Waals surface area contributed by atoms with Crippen LogP contribution in [0.25, 0.3) is 22.3 Å². The van der Waals surface area contributed by atoms with Crippen LogP contribution in [-0.4, -0.2) is 46.7 Å². The van der Waals surface area contributed by atoms with Gasteiger partial charge in [0, 0.05) is 54.8 Å². The predicted octanol–water partition coefficient (Wildman–Crippen LogP) is 4.67. The van der Waals surface area contributed by atoms with Crippen LogP contribution < -0.4 is 25.4 Å². The summed E-state index contributed by atoms with van der Waals surface area (Å²) in [6.07, 6.45) is 1.76. The third-order valence-corrected chi connectivity index (χ3v) is 8.20. The molecule has 1 aliphatic heterocycles. The first-order chi connectivity index (χ1) is 18.8. The highest BCUT2D eigenvalue weighted by Crippen LogP contribution is 2.37. The van der Waals surface area contributed by atoms with Gasteiger partial charge in [-0.2, -0.15) is 0 Å². The number of nitrogens with one attached hydrogen (secondary N) is 2. The highest BCUT2D eigenvalue weighted by molar-refractivity contribution is 7.91. The lowest BCUT2D eigenvalue weighted by atomic mass is 9.98. The van der Waals surface area contributed by atoms with E-state index in [1.165, 1.54) is 5.69 Å². The normalized spacial score (nSPS) is 13.7. The van der Waals surface area contributed by atoms with Gasteiger partial charge in [0.2, 0.25) is 10.0 Å². The van der Waals surface area contributed by atoms with Gasteiger partial charge in [0.15, 0.2) is 0 Å². The van der Waals surface area contributed by atoms with Gasteiger partial charge in [-0.3, -0.25) is 4.72 Å². The third kappa shape index (κ3) is 6.16. The fourth-order valence-corrected chi connectivity index (χ4v) is 6.06. The number of piperazine rings is 1. The molecule has 0 aliphatic carbocycles. The van der Waals surface area contributed by atoms with Crippen LogP contribution in [0.15, 0.2) is 79.0 Å². The molecule has 0 spiro atoms. The molecule has 1 aliphatic rings. The van der Waals surface area contributed by atoms with Crippen LogP contribution in [0.3, 0.4) is 0 Å². The van der Waals surface area contributed by atoms with Crippen molar-refractivity contribution in [3.05, 3.63) is 90.1 Å². The monoisotopic (exact) mass is 543 g/mol. The second kappa shape index (κ2) is 11.3. The minimum Gasteiger partial charge on any atom is -0.496 e. The summed E-state index contributed by atoms with van der Waals surface area (Å²) in [6, 6.07) is 23.1. The summed E-state index contributed by atoms with van der Waals surface area (Å²) >= 11 is 0. The number of sulfonamides is 1. The molecule has 0 bridgehead atoms. The molecule has 5 rings (SSSR count). The zero-order chi connectivity index (χ0) is 27.4. The molecule has 4 aromatic rings. The second-order valence-electron chi connectivity index (χ2n) is 9.64. The summed E-state index contributed by atoms with van der Waals surface area (Å²) in [4.78, 5) is 6.83. The molecule has 0 amide bonds. The smallest absolute Gasteiger partial charge is 0.236 e. The van der Waals surface area contributed by atoms with E-state index >= 15 is 0 Å². The fourth-order valence-electron chi connectivity index (χ4n) is 4.81. The average Bonchev–Trinajstić information content (AvgIpc) is 2.95. The van der Waals surface area contributed by atoms with Crippen molar-refractivity contribution >= 4 is 27.2 Å². The van der Waals surface area contributed by atoms with Gasteiger partial charge in [0.05, 0.1) is 18.6 Å². The Morgan fingerprint density at radius 3 is 2.38 bits per heavy atom. The van der Waals surface area contributed by atoms with E-state index in [9.17, 15) is 8.42 Å². The first-order valence-corrected chi connectivity index (χ1v) is 14.5. The largest absolute Gasteiger partial charge is 0.496 e. The molecule has 0 saturated carbocycles. The Balaban J connectivity index is 1.46. The average molecular weight is 544 g/mol. The van der Waals surface area contributed by atoms with E-state index in [0.717, 1.165) is 37.3 Å². The Morgan fingerprint density at radius 2 is 1.69 bits per heavy atom. The number of ether oxygens (including phenoxy) is 1. The SMILES string of the molecule is COc1cc(-c2cc(-c3ccc(N4CCNCC4)cc3)cnc2N)cc(NS(=O)(=O)Cc2ccccc2)c1C. The molecule has 9 heteroatoms. The van der Waals surface area contributed by atoms with Gasteiger partial charge in [0.1, 0.15) is 11.6 Å². The van der Waals surface area contributed by atoms with E-state index < -0.39 is 10.0 Å². The number of anilines is 3. The molecule has 1 fully saturated rings. The summed E-state index contributed by atoms with van der Waals surface area (Å²) < 4.78 is 34.4. The molecule has 0 unspecified atom stereocenters. The van der Waals surface area contributed by atoms with Crippen molar-refractivity contribution in [2.45, 2.75) is 12.7 Å². The molecule has 1 aromatic heterocycles. The topological polar surface area (TPSA) is 110 Å². The quantitative estimate of drug-likeness (QED) is 0.296. The zero-order valence-corrected chi connectivity index (χ0v) is 23.0. The van der Waals surface area contributed by atoms with Crippen molar-refractivity contribution in [3.8, 4) is 28.0 Å². The fraction of sp³-hybridized carbons (Fsp3) is 0.233. The molecule has 0 radical (unpaired) electrons. The van der Waals surface area contributed by atoms with Gasteiger partial charge in [-0.1, -0.05) is 42.5 Å². The minimum atomic E-state index is -3.67. The molecule has 0 atom stereocenters. The Hall–Kier alpha value is -4.08. The zero-order valence-electron chi connectivity index (χ0n) is 22.1. The number of hydrogen-bond donors (Lipinski definition) is 3. The predicted molar refractivity (Wildman–Crippen MR) is 159 cm³/mol. The lowest BCUT2D eigenvalue weighted by Crippen LogP contribution is -2.43. The number of nitrogens with two attached hydrogens (primary N) is 1. The van der Waals surface area contributed by atoms with Crippen molar-refractivity contribution in [1.29, 1.82) is 0 Å². The van der Waals surface area contributed by atoms with Crippen molar-refractivity contribution in [3.63, 3.8) is 0 Å². The van der Waals surface area contributed by atoms with Crippen LogP contribution in [0, 0.1) is 6.92 Å². The van der Waals surface area contributed by atoms with E-state index in [0.29, 0.717) is 39.5 Å². The maximum atomic E-state index is 13.0.